The largest absolute Gasteiger partial charge is 0.300 e. The maximum Gasteiger partial charge on any atom is 0.141 e. The normalized spacial score (nSPS) is 14.3. The van der Waals surface area contributed by atoms with E-state index in [0.717, 1.165) is 17.1 Å². The van der Waals surface area contributed by atoms with E-state index in [1.807, 2.05) is 13.1 Å². The molecule has 0 aliphatic heterocycles. The van der Waals surface area contributed by atoms with Gasteiger partial charge < -0.3 is 0 Å². The molecule has 0 spiro atoms. The highest BCUT2D eigenvalue weighted by Crippen LogP contribution is 2.23. The van der Waals surface area contributed by atoms with Crippen molar-refractivity contribution in [1.82, 2.24) is 15.3 Å². The Kier molecular flexibility index (Phi) is 4.61. The number of nitrogens with zero attached hydrogens (tertiary/aromatic N) is 2. The molecule has 0 amide bonds. The first kappa shape index (κ1) is 14.1. The molecule has 2 unspecified atom stereocenters. The number of aryl methyl sites for hydroxylation is 1. The Morgan fingerprint density at radius 3 is 2.63 bits per heavy atom. The Bertz CT molecular complexity index is 524. The number of nitrogens with one attached hydrogen (secondary N) is 1. The third-order valence-corrected chi connectivity index (χ3v) is 4.07. The van der Waals surface area contributed by atoms with Crippen LogP contribution in [0.25, 0.3) is 0 Å². The van der Waals surface area contributed by atoms with Crippen molar-refractivity contribution in [1.29, 1.82) is 0 Å². The van der Waals surface area contributed by atoms with Crippen LogP contribution in [-0.4, -0.2) is 9.97 Å². The third-order valence-electron chi connectivity index (χ3n) is 2.98. The number of rotatable bonds is 5. The lowest BCUT2D eigenvalue weighted by Crippen LogP contribution is -2.24. The van der Waals surface area contributed by atoms with Crippen molar-refractivity contribution in [3.8, 4) is 0 Å². The third kappa shape index (κ3) is 3.58. The monoisotopic (exact) mass is 279 g/mol. The highest BCUT2D eigenvalue weighted by molar-refractivity contribution is 7.11. The van der Waals surface area contributed by atoms with E-state index in [1.54, 1.807) is 17.4 Å². The van der Waals surface area contributed by atoms with E-state index in [0.29, 0.717) is 0 Å². The van der Waals surface area contributed by atoms with Gasteiger partial charge in [-0.1, -0.05) is 6.92 Å². The first-order valence-corrected chi connectivity index (χ1v) is 7.21. The van der Waals surface area contributed by atoms with Gasteiger partial charge in [0.15, 0.2) is 0 Å². The van der Waals surface area contributed by atoms with Gasteiger partial charge in [0.2, 0.25) is 0 Å². The predicted molar refractivity (Wildman–Crippen MR) is 75.6 cm³/mol. The summed E-state index contributed by atoms with van der Waals surface area (Å²) in [5.74, 6) is -0.304. The number of aromatic nitrogens is 2. The van der Waals surface area contributed by atoms with Crippen molar-refractivity contribution >= 4 is 11.3 Å². The molecule has 0 bridgehead atoms. The first-order valence-electron chi connectivity index (χ1n) is 6.40. The Hall–Kier alpha value is -1.33. The van der Waals surface area contributed by atoms with Crippen LogP contribution in [0.1, 0.15) is 47.9 Å². The van der Waals surface area contributed by atoms with Crippen LogP contribution in [0, 0.1) is 12.7 Å². The molecular formula is C14H18FN3S. The lowest BCUT2D eigenvalue weighted by Gasteiger charge is -2.20. The molecule has 2 aromatic heterocycles. The maximum absolute atomic E-state index is 12.9. The van der Waals surface area contributed by atoms with E-state index < -0.39 is 0 Å². The van der Waals surface area contributed by atoms with Gasteiger partial charge in [-0.25, -0.2) is 9.37 Å². The summed E-state index contributed by atoms with van der Waals surface area (Å²) in [4.78, 5) is 9.74. The fourth-order valence-corrected chi connectivity index (χ4v) is 2.74. The SMILES string of the molecule is CCC(NC(C)c1ncc(C)s1)c1ccc(F)cn1. The summed E-state index contributed by atoms with van der Waals surface area (Å²) in [6.45, 7) is 6.22. The summed E-state index contributed by atoms with van der Waals surface area (Å²) >= 11 is 1.69. The topological polar surface area (TPSA) is 37.8 Å². The molecule has 0 saturated heterocycles. The Labute approximate surface area is 116 Å². The summed E-state index contributed by atoms with van der Waals surface area (Å²) in [7, 11) is 0. The minimum atomic E-state index is -0.304. The van der Waals surface area contributed by atoms with E-state index in [2.05, 4.69) is 29.1 Å². The van der Waals surface area contributed by atoms with Crippen molar-refractivity contribution < 1.29 is 4.39 Å². The second kappa shape index (κ2) is 6.21. The van der Waals surface area contributed by atoms with E-state index in [4.69, 9.17) is 0 Å². The lowest BCUT2D eigenvalue weighted by atomic mass is 10.1. The van der Waals surface area contributed by atoms with Crippen LogP contribution in [0.4, 0.5) is 4.39 Å². The Morgan fingerprint density at radius 2 is 2.11 bits per heavy atom. The molecule has 0 aliphatic rings. The molecule has 102 valence electrons. The zero-order chi connectivity index (χ0) is 13.8. The molecule has 0 aliphatic carbocycles. The molecular weight excluding hydrogens is 261 g/mol. The number of thiazole rings is 1. The van der Waals surface area contributed by atoms with Crippen LogP contribution in [0.5, 0.6) is 0 Å². The van der Waals surface area contributed by atoms with Crippen LogP contribution in [0.2, 0.25) is 0 Å². The van der Waals surface area contributed by atoms with Gasteiger partial charge in [-0.05, 0) is 32.4 Å². The lowest BCUT2D eigenvalue weighted by molar-refractivity contribution is 0.446. The molecule has 19 heavy (non-hydrogen) atoms. The van der Waals surface area contributed by atoms with Crippen LogP contribution in [-0.2, 0) is 0 Å². The summed E-state index contributed by atoms with van der Waals surface area (Å²) in [6, 6.07) is 3.46. The van der Waals surface area contributed by atoms with Crippen molar-refractivity contribution in [2.24, 2.45) is 0 Å². The first-order chi connectivity index (χ1) is 9.10. The summed E-state index contributed by atoms with van der Waals surface area (Å²) < 4.78 is 12.9. The average Bonchev–Trinajstić information content (AvgIpc) is 2.84. The number of hydrogen-bond donors (Lipinski definition) is 1. The van der Waals surface area contributed by atoms with Crippen LogP contribution in [0.3, 0.4) is 0 Å². The molecule has 1 N–H and O–H groups in total. The predicted octanol–water partition coefficient (Wildman–Crippen LogP) is 3.79. The average molecular weight is 279 g/mol. The zero-order valence-electron chi connectivity index (χ0n) is 11.4. The van der Waals surface area contributed by atoms with Crippen molar-refractivity contribution in [2.75, 3.05) is 0 Å². The van der Waals surface area contributed by atoms with Gasteiger partial charge in [-0.3, -0.25) is 10.3 Å². The molecule has 0 fully saturated rings. The summed E-state index contributed by atoms with van der Waals surface area (Å²) in [6.07, 6.45) is 4.04. The van der Waals surface area contributed by atoms with E-state index >= 15 is 0 Å². The Balaban J connectivity index is 2.08. The van der Waals surface area contributed by atoms with Crippen LogP contribution >= 0.6 is 11.3 Å². The van der Waals surface area contributed by atoms with Crippen LogP contribution in [0.15, 0.2) is 24.5 Å². The van der Waals surface area contributed by atoms with Crippen LogP contribution < -0.4 is 5.32 Å². The standard InChI is InChI=1S/C14H18FN3S/c1-4-12(13-6-5-11(15)8-16-13)18-10(3)14-17-7-9(2)19-14/h5-8,10,12,18H,4H2,1-3H3. The van der Waals surface area contributed by atoms with Gasteiger partial charge in [-0.2, -0.15) is 0 Å². The fraction of sp³-hybridized carbons (Fsp3) is 0.429. The minimum Gasteiger partial charge on any atom is -0.300 e. The van der Waals surface area contributed by atoms with E-state index in [9.17, 15) is 4.39 Å². The quantitative estimate of drug-likeness (QED) is 0.905. The van der Waals surface area contributed by atoms with Crippen molar-refractivity contribution in [2.45, 2.75) is 39.3 Å². The number of hydrogen-bond acceptors (Lipinski definition) is 4. The van der Waals surface area contributed by atoms with Crippen molar-refractivity contribution in [3.63, 3.8) is 0 Å². The van der Waals surface area contributed by atoms with Gasteiger partial charge >= 0.3 is 0 Å². The van der Waals surface area contributed by atoms with Gasteiger partial charge in [0.05, 0.1) is 17.9 Å². The summed E-state index contributed by atoms with van der Waals surface area (Å²) in [5, 5.41) is 4.56. The molecule has 5 heteroatoms. The molecule has 0 saturated carbocycles. The number of halogens is 1. The Morgan fingerprint density at radius 1 is 1.32 bits per heavy atom. The number of pyridine rings is 1. The fourth-order valence-electron chi connectivity index (χ4n) is 1.95. The molecule has 2 rings (SSSR count). The second-order valence-electron chi connectivity index (χ2n) is 4.56. The maximum atomic E-state index is 12.9. The molecule has 2 aromatic rings. The van der Waals surface area contributed by atoms with E-state index in [-0.39, 0.29) is 17.9 Å². The molecule has 0 radical (unpaired) electrons. The van der Waals surface area contributed by atoms with Gasteiger partial charge in [0.1, 0.15) is 10.8 Å². The minimum absolute atomic E-state index is 0.111. The highest BCUT2D eigenvalue weighted by Gasteiger charge is 2.16. The zero-order valence-corrected chi connectivity index (χ0v) is 12.2. The summed E-state index contributed by atoms with van der Waals surface area (Å²) in [5.41, 5.74) is 0.865. The second-order valence-corrected chi connectivity index (χ2v) is 5.83. The smallest absolute Gasteiger partial charge is 0.141 e. The van der Waals surface area contributed by atoms with E-state index in [1.165, 1.54) is 17.1 Å². The molecule has 2 atom stereocenters. The van der Waals surface area contributed by atoms with Crippen molar-refractivity contribution in [3.05, 3.63) is 45.9 Å². The van der Waals surface area contributed by atoms with Gasteiger partial charge in [0, 0.05) is 17.1 Å². The highest BCUT2D eigenvalue weighted by atomic mass is 32.1. The van der Waals surface area contributed by atoms with Gasteiger partial charge in [0.25, 0.3) is 0 Å². The molecule has 0 aromatic carbocycles. The molecule has 2 heterocycles. The molecule has 3 nitrogen and oxygen atoms in total. The van der Waals surface area contributed by atoms with Gasteiger partial charge in [-0.15, -0.1) is 11.3 Å².